The zero-order chi connectivity index (χ0) is 24.8. The fourth-order valence-electron chi connectivity index (χ4n) is 3.16. The second-order valence-corrected chi connectivity index (χ2v) is 9.24. The molecule has 0 bridgehead atoms. The summed E-state index contributed by atoms with van der Waals surface area (Å²) >= 11 is 13.3. The Balaban J connectivity index is 1.51. The highest BCUT2D eigenvalue weighted by molar-refractivity contribution is 7.99. The topological polar surface area (TPSA) is 81.4 Å². The van der Waals surface area contributed by atoms with Gasteiger partial charge in [-0.2, -0.15) is 5.10 Å². The lowest BCUT2D eigenvalue weighted by Gasteiger charge is -2.11. The minimum atomic E-state index is -0.291. The van der Waals surface area contributed by atoms with Gasteiger partial charge in [0.1, 0.15) is 5.75 Å². The van der Waals surface area contributed by atoms with E-state index < -0.39 is 0 Å². The third-order valence-corrected chi connectivity index (χ3v) is 6.45. The van der Waals surface area contributed by atoms with E-state index in [1.54, 1.807) is 25.3 Å². The summed E-state index contributed by atoms with van der Waals surface area (Å²) in [6.07, 6.45) is 1.47. The molecule has 4 rings (SSSR count). The molecular formula is C25H21Cl2N5O2S. The van der Waals surface area contributed by atoms with Gasteiger partial charge in [0.25, 0.3) is 5.91 Å². The van der Waals surface area contributed by atoms with Crippen LogP contribution >= 0.6 is 35.0 Å². The Morgan fingerprint density at radius 1 is 1.09 bits per heavy atom. The highest BCUT2D eigenvalue weighted by Gasteiger charge is 2.17. The SMILES string of the molecule is COc1ccc(-c2nnc(SCC(=O)N/N=C/c3ccc(Cl)cc3Cl)n2-c2ccc(C)cc2)cc1. The molecule has 0 saturated heterocycles. The number of rotatable bonds is 8. The monoisotopic (exact) mass is 525 g/mol. The Labute approximate surface area is 217 Å². The van der Waals surface area contributed by atoms with E-state index >= 15 is 0 Å². The van der Waals surface area contributed by atoms with Gasteiger partial charge in [-0.1, -0.05) is 58.7 Å². The molecule has 0 aliphatic carbocycles. The van der Waals surface area contributed by atoms with Gasteiger partial charge in [0.05, 0.1) is 24.1 Å². The van der Waals surface area contributed by atoms with E-state index in [2.05, 4.69) is 20.7 Å². The van der Waals surface area contributed by atoms with Gasteiger partial charge in [-0.15, -0.1) is 10.2 Å². The van der Waals surface area contributed by atoms with E-state index in [4.69, 9.17) is 27.9 Å². The zero-order valence-corrected chi connectivity index (χ0v) is 21.2. The van der Waals surface area contributed by atoms with Gasteiger partial charge in [0, 0.05) is 21.8 Å². The maximum atomic E-state index is 12.4. The second-order valence-electron chi connectivity index (χ2n) is 7.45. The number of hydrogen-bond donors (Lipinski definition) is 1. The highest BCUT2D eigenvalue weighted by atomic mass is 35.5. The molecule has 1 heterocycles. The molecule has 1 aromatic heterocycles. The molecular weight excluding hydrogens is 505 g/mol. The van der Waals surface area contributed by atoms with Crippen LogP contribution < -0.4 is 10.2 Å². The van der Waals surface area contributed by atoms with Crippen LogP contribution in [0.5, 0.6) is 5.75 Å². The number of amides is 1. The first-order valence-electron chi connectivity index (χ1n) is 10.5. The summed E-state index contributed by atoms with van der Waals surface area (Å²) in [5.74, 6) is 1.22. The van der Waals surface area contributed by atoms with Crippen molar-refractivity contribution in [3.05, 3.63) is 87.9 Å². The summed E-state index contributed by atoms with van der Waals surface area (Å²) in [4.78, 5) is 12.4. The molecule has 1 amide bonds. The lowest BCUT2D eigenvalue weighted by Crippen LogP contribution is -2.20. The van der Waals surface area contributed by atoms with Crippen molar-refractivity contribution in [2.24, 2.45) is 5.10 Å². The number of nitrogens with one attached hydrogen (secondary N) is 1. The summed E-state index contributed by atoms with van der Waals surface area (Å²) < 4.78 is 7.19. The van der Waals surface area contributed by atoms with E-state index in [-0.39, 0.29) is 11.7 Å². The molecule has 0 aliphatic rings. The number of hydrogen-bond acceptors (Lipinski definition) is 6. The number of hydrazone groups is 1. The van der Waals surface area contributed by atoms with Crippen molar-refractivity contribution >= 4 is 47.1 Å². The van der Waals surface area contributed by atoms with Crippen LogP contribution in [0.4, 0.5) is 0 Å². The number of ether oxygens (including phenoxy) is 1. The lowest BCUT2D eigenvalue weighted by atomic mass is 10.2. The third-order valence-electron chi connectivity index (χ3n) is 4.96. The Kier molecular flexibility index (Phi) is 8.07. The molecule has 10 heteroatoms. The molecule has 0 saturated carbocycles. The van der Waals surface area contributed by atoms with Crippen LogP contribution in [-0.2, 0) is 4.79 Å². The number of nitrogens with zero attached hydrogens (tertiary/aromatic N) is 4. The summed E-state index contributed by atoms with van der Waals surface area (Å²) in [6.45, 7) is 2.03. The zero-order valence-electron chi connectivity index (χ0n) is 18.9. The number of benzene rings is 3. The van der Waals surface area contributed by atoms with Gasteiger partial charge in [-0.25, -0.2) is 5.43 Å². The molecule has 1 N–H and O–H groups in total. The average molecular weight is 526 g/mol. The van der Waals surface area contributed by atoms with Crippen LogP contribution in [0.1, 0.15) is 11.1 Å². The van der Waals surface area contributed by atoms with Crippen LogP contribution in [0.25, 0.3) is 17.1 Å². The molecule has 0 aliphatic heterocycles. The number of carbonyl (C=O) groups excluding carboxylic acids is 1. The molecule has 4 aromatic rings. The Morgan fingerprint density at radius 2 is 1.83 bits per heavy atom. The van der Waals surface area contributed by atoms with Gasteiger partial charge >= 0.3 is 0 Å². The maximum Gasteiger partial charge on any atom is 0.250 e. The predicted molar refractivity (Wildman–Crippen MR) is 141 cm³/mol. The van der Waals surface area contributed by atoms with Crippen molar-refractivity contribution < 1.29 is 9.53 Å². The van der Waals surface area contributed by atoms with E-state index in [1.807, 2.05) is 60.0 Å². The first kappa shape index (κ1) is 24.8. The number of aryl methyl sites for hydroxylation is 1. The van der Waals surface area contributed by atoms with Crippen molar-refractivity contribution in [2.45, 2.75) is 12.1 Å². The average Bonchev–Trinajstić information content (AvgIpc) is 3.28. The summed E-state index contributed by atoms with van der Waals surface area (Å²) in [5.41, 5.74) is 6.06. The van der Waals surface area contributed by atoms with Crippen LogP contribution in [0.15, 0.2) is 77.0 Å². The van der Waals surface area contributed by atoms with Crippen molar-refractivity contribution in [1.29, 1.82) is 0 Å². The largest absolute Gasteiger partial charge is 0.497 e. The van der Waals surface area contributed by atoms with E-state index in [1.165, 1.54) is 18.0 Å². The Hall–Kier alpha value is -3.33. The molecule has 178 valence electrons. The van der Waals surface area contributed by atoms with Crippen molar-refractivity contribution in [3.8, 4) is 22.8 Å². The highest BCUT2D eigenvalue weighted by Crippen LogP contribution is 2.29. The molecule has 7 nitrogen and oxygen atoms in total. The molecule has 0 unspecified atom stereocenters. The van der Waals surface area contributed by atoms with E-state index in [0.717, 1.165) is 22.6 Å². The standard InChI is InChI=1S/C25H21Cl2N5O2S/c1-16-3-9-20(10-4-16)32-24(17-6-11-21(34-2)12-7-17)30-31-25(32)35-15-23(33)29-28-14-18-5-8-19(26)13-22(18)27/h3-14H,15H2,1-2H3,(H,29,33)/b28-14+. The van der Waals surface area contributed by atoms with Crippen molar-refractivity contribution in [2.75, 3.05) is 12.9 Å². The molecule has 0 spiro atoms. The predicted octanol–water partition coefficient (Wildman–Crippen LogP) is 5.80. The van der Waals surface area contributed by atoms with Gasteiger partial charge in [-0.05, 0) is 55.5 Å². The number of carbonyl (C=O) groups is 1. The summed E-state index contributed by atoms with van der Waals surface area (Å²) in [5, 5.41) is 14.3. The molecule has 3 aromatic carbocycles. The lowest BCUT2D eigenvalue weighted by molar-refractivity contribution is -0.118. The number of thioether (sulfide) groups is 1. The van der Waals surface area contributed by atoms with Crippen molar-refractivity contribution in [1.82, 2.24) is 20.2 Å². The van der Waals surface area contributed by atoms with Crippen LogP contribution in [0, 0.1) is 6.92 Å². The van der Waals surface area contributed by atoms with E-state index in [0.29, 0.717) is 26.6 Å². The number of halogens is 2. The minimum absolute atomic E-state index is 0.0955. The minimum Gasteiger partial charge on any atom is -0.497 e. The first-order valence-corrected chi connectivity index (χ1v) is 12.3. The third kappa shape index (κ3) is 6.22. The maximum absolute atomic E-state index is 12.4. The van der Waals surface area contributed by atoms with Crippen LogP contribution in [-0.4, -0.2) is 39.7 Å². The van der Waals surface area contributed by atoms with Gasteiger partial charge < -0.3 is 4.74 Å². The molecule has 35 heavy (non-hydrogen) atoms. The second kappa shape index (κ2) is 11.4. The normalized spacial score (nSPS) is 11.1. The molecule has 0 atom stereocenters. The van der Waals surface area contributed by atoms with Crippen LogP contribution in [0.3, 0.4) is 0 Å². The van der Waals surface area contributed by atoms with Gasteiger partial charge in [-0.3, -0.25) is 9.36 Å². The molecule has 0 radical (unpaired) electrons. The van der Waals surface area contributed by atoms with Gasteiger partial charge in [0.2, 0.25) is 0 Å². The van der Waals surface area contributed by atoms with Gasteiger partial charge in [0.15, 0.2) is 11.0 Å². The fourth-order valence-corrected chi connectivity index (χ4v) is 4.36. The quantitative estimate of drug-likeness (QED) is 0.178. The molecule has 0 fully saturated rings. The first-order chi connectivity index (χ1) is 16.9. The number of methoxy groups -OCH3 is 1. The van der Waals surface area contributed by atoms with Crippen LogP contribution in [0.2, 0.25) is 10.0 Å². The Morgan fingerprint density at radius 3 is 2.51 bits per heavy atom. The smallest absolute Gasteiger partial charge is 0.250 e. The summed E-state index contributed by atoms with van der Waals surface area (Å²) in [6, 6.07) is 20.6. The number of aromatic nitrogens is 3. The summed E-state index contributed by atoms with van der Waals surface area (Å²) in [7, 11) is 1.62. The Bertz CT molecular complexity index is 1360. The van der Waals surface area contributed by atoms with E-state index in [9.17, 15) is 4.79 Å². The fraction of sp³-hybridized carbons (Fsp3) is 0.120. The van der Waals surface area contributed by atoms with Crippen molar-refractivity contribution in [3.63, 3.8) is 0 Å².